The lowest BCUT2D eigenvalue weighted by Gasteiger charge is -2.19. The first-order chi connectivity index (χ1) is 14.0. The van der Waals surface area contributed by atoms with Gasteiger partial charge in [0.05, 0.1) is 13.1 Å². The number of likely N-dealkylation sites (tertiary alicyclic amines) is 1. The minimum absolute atomic E-state index is 0.0798. The summed E-state index contributed by atoms with van der Waals surface area (Å²) in [6.07, 6.45) is -0.914. The molecular weight excluding hydrogens is 390 g/mol. The standard InChI is InChI=1S/C22H25NO5S/c1-16(24)29-15-18-9-6-10-19(11-18)28-21-13-23(12-20(21)26-2)22(25)27-14-17-7-4-3-5-8-17/h3-11,20-21H,12-15H2,1-2H3. The number of thioether (sulfide) groups is 1. The van der Waals surface area contributed by atoms with Gasteiger partial charge < -0.3 is 19.1 Å². The summed E-state index contributed by atoms with van der Waals surface area (Å²) in [7, 11) is 1.61. The lowest BCUT2D eigenvalue weighted by molar-refractivity contribution is -0.109. The maximum atomic E-state index is 12.4. The van der Waals surface area contributed by atoms with E-state index in [1.807, 2.05) is 54.6 Å². The van der Waals surface area contributed by atoms with Crippen LogP contribution in [0.25, 0.3) is 0 Å². The maximum Gasteiger partial charge on any atom is 0.410 e. The van der Waals surface area contributed by atoms with E-state index in [0.717, 1.165) is 11.1 Å². The van der Waals surface area contributed by atoms with E-state index in [1.54, 1.807) is 18.9 Å². The fourth-order valence-electron chi connectivity index (χ4n) is 3.11. The quantitative estimate of drug-likeness (QED) is 0.684. The molecule has 1 saturated heterocycles. The Bertz CT molecular complexity index is 829. The molecule has 0 bridgehead atoms. The number of hydrogen-bond acceptors (Lipinski definition) is 6. The predicted octanol–water partition coefficient (Wildman–Crippen LogP) is 3.88. The van der Waals surface area contributed by atoms with E-state index in [4.69, 9.17) is 14.2 Å². The topological polar surface area (TPSA) is 65.1 Å². The van der Waals surface area contributed by atoms with Crippen LogP contribution in [0.15, 0.2) is 54.6 Å². The second-order valence-electron chi connectivity index (χ2n) is 6.80. The number of nitrogens with zero attached hydrogens (tertiary/aromatic N) is 1. The largest absolute Gasteiger partial charge is 0.486 e. The summed E-state index contributed by atoms with van der Waals surface area (Å²) in [6, 6.07) is 17.2. The fraction of sp³-hybridized carbons (Fsp3) is 0.364. The van der Waals surface area contributed by atoms with Gasteiger partial charge in [-0.3, -0.25) is 4.79 Å². The summed E-state index contributed by atoms with van der Waals surface area (Å²) < 4.78 is 17.0. The Hall–Kier alpha value is -2.51. The number of rotatable bonds is 7. The molecule has 3 rings (SSSR count). The fourth-order valence-corrected chi connectivity index (χ4v) is 3.66. The second-order valence-corrected chi connectivity index (χ2v) is 7.96. The van der Waals surface area contributed by atoms with Crippen LogP contribution in [0.5, 0.6) is 5.75 Å². The SMILES string of the molecule is COC1CN(C(=O)OCc2ccccc2)CC1Oc1cccc(CSC(C)=O)c1. The highest BCUT2D eigenvalue weighted by molar-refractivity contribution is 8.12. The molecule has 2 unspecified atom stereocenters. The third-order valence-corrected chi connectivity index (χ3v) is 5.49. The number of hydrogen-bond donors (Lipinski definition) is 0. The number of ether oxygens (including phenoxy) is 3. The molecule has 154 valence electrons. The second kappa shape index (κ2) is 10.3. The molecule has 1 aliphatic rings. The van der Waals surface area contributed by atoms with Crippen LogP contribution in [0.2, 0.25) is 0 Å². The zero-order valence-electron chi connectivity index (χ0n) is 16.6. The predicted molar refractivity (Wildman–Crippen MR) is 112 cm³/mol. The zero-order valence-corrected chi connectivity index (χ0v) is 17.4. The van der Waals surface area contributed by atoms with E-state index in [-0.39, 0.29) is 30.0 Å². The summed E-state index contributed by atoms with van der Waals surface area (Å²) in [5, 5.41) is 0.0798. The van der Waals surface area contributed by atoms with E-state index in [9.17, 15) is 9.59 Å². The lowest BCUT2D eigenvalue weighted by atomic mass is 10.2. The molecular formula is C22H25NO5S. The average Bonchev–Trinajstić information content (AvgIpc) is 3.14. The summed E-state index contributed by atoms with van der Waals surface area (Å²) >= 11 is 1.26. The number of methoxy groups -OCH3 is 1. The van der Waals surface area contributed by atoms with Gasteiger partial charge in [0.15, 0.2) is 5.12 Å². The Balaban J connectivity index is 1.56. The van der Waals surface area contributed by atoms with Crippen LogP contribution in [0.3, 0.4) is 0 Å². The Morgan fingerprint density at radius 3 is 2.48 bits per heavy atom. The van der Waals surface area contributed by atoms with E-state index < -0.39 is 0 Å². The molecule has 1 heterocycles. The van der Waals surface area contributed by atoms with Crippen molar-refractivity contribution in [1.29, 1.82) is 0 Å². The third-order valence-electron chi connectivity index (χ3n) is 4.61. The molecule has 0 aromatic heterocycles. The summed E-state index contributed by atoms with van der Waals surface area (Å²) in [5.41, 5.74) is 1.95. The van der Waals surface area contributed by atoms with Gasteiger partial charge in [-0.15, -0.1) is 0 Å². The van der Waals surface area contributed by atoms with Gasteiger partial charge in [0, 0.05) is 19.8 Å². The average molecular weight is 416 g/mol. The third kappa shape index (κ3) is 6.24. The van der Waals surface area contributed by atoms with E-state index >= 15 is 0 Å². The van der Waals surface area contributed by atoms with Gasteiger partial charge in [0.1, 0.15) is 24.6 Å². The molecule has 0 N–H and O–H groups in total. The van der Waals surface area contributed by atoms with E-state index in [0.29, 0.717) is 24.6 Å². The highest BCUT2D eigenvalue weighted by atomic mass is 32.2. The monoisotopic (exact) mass is 415 g/mol. The van der Waals surface area contributed by atoms with Crippen LogP contribution >= 0.6 is 11.8 Å². The molecule has 1 fully saturated rings. The number of carbonyl (C=O) groups is 2. The van der Waals surface area contributed by atoms with Gasteiger partial charge in [0.25, 0.3) is 0 Å². The molecule has 2 aromatic rings. The van der Waals surface area contributed by atoms with Crippen molar-refractivity contribution in [3.8, 4) is 5.75 Å². The van der Waals surface area contributed by atoms with Crippen LogP contribution in [0, 0.1) is 0 Å². The molecule has 2 atom stereocenters. The van der Waals surface area contributed by atoms with Crippen molar-refractivity contribution in [3.63, 3.8) is 0 Å². The molecule has 0 saturated carbocycles. The maximum absolute atomic E-state index is 12.4. The number of carbonyl (C=O) groups excluding carboxylic acids is 2. The Morgan fingerprint density at radius 2 is 1.76 bits per heavy atom. The van der Waals surface area contributed by atoms with Crippen LogP contribution < -0.4 is 4.74 Å². The van der Waals surface area contributed by atoms with Gasteiger partial charge in [-0.25, -0.2) is 4.79 Å². The van der Waals surface area contributed by atoms with Crippen LogP contribution in [-0.2, 0) is 26.6 Å². The number of benzene rings is 2. The minimum Gasteiger partial charge on any atom is -0.486 e. The highest BCUT2D eigenvalue weighted by Crippen LogP contribution is 2.24. The van der Waals surface area contributed by atoms with Gasteiger partial charge in [0.2, 0.25) is 0 Å². The lowest BCUT2D eigenvalue weighted by Crippen LogP contribution is -2.32. The molecule has 6 nitrogen and oxygen atoms in total. The molecule has 0 radical (unpaired) electrons. The first-order valence-electron chi connectivity index (χ1n) is 9.42. The Kier molecular flexibility index (Phi) is 7.55. The van der Waals surface area contributed by atoms with Crippen molar-refractivity contribution in [1.82, 2.24) is 4.90 Å². The van der Waals surface area contributed by atoms with E-state index in [2.05, 4.69) is 0 Å². The van der Waals surface area contributed by atoms with Gasteiger partial charge >= 0.3 is 6.09 Å². The Morgan fingerprint density at radius 1 is 1.03 bits per heavy atom. The molecule has 0 aliphatic carbocycles. The summed E-state index contributed by atoms with van der Waals surface area (Å²) in [5.74, 6) is 1.29. The highest BCUT2D eigenvalue weighted by Gasteiger charge is 2.38. The van der Waals surface area contributed by atoms with Crippen molar-refractivity contribution >= 4 is 23.0 Å². The van der Waals surface area contributed by atoms with E-state index in [1.165, 1.54) is 11.8 Å². The molecule has 2 aromatic carbocycles. The Labute approximate surface area is 175 Å². The summed E-state index contributed by atoms with van der Waals surface area (Å²) in [6.45, 7) is 2.58. The zero-order chi connectivity index (χ0) is 20.6. The smallest absolute Gasteiger partial charge is 0.410 e. The number of amides is 1. The van der Waals surface area contributed by atoms with Gasteiger partial charge in [-0.2, -0.15) is 0 Å². The van der Waals surface area contributed by atoms with Gasteiger partial charge in [-0.05, 0) is 23.3 Å². The van der Waals surface area contributed by atoms with Crippen LogP contribution in [0.1, 0.15) is 18.1 Å². The van der Waals surface area contributed by atoms with Crippen molar-refractivity contribution in [3.05, 3.63) is 65.7 Å². The van der Waals surface area contributed by atoms with Crippen LogP contribution in [0.4, 0.5) is 4.79 Å². The first kappa shape index (κ1) is 21.2. The van der Waals surface area contributed by atoms with Crippen LogP contribution in [-0.4, -0.2) is 48.5 Å². The first-order valence-corrected chi connectivity index (χ1v) is 10.4. The molecule has 1 aliphatic heterocycles. The minimum atomic E-state index is -0.381. The molecule has 0 spiro atoms. The van der Waals surface area contributed by atoms with Crippen molar-refractivity contribution in [2.45, 2.75) is 31.5 Å². The normalized spacial score (nSPS) is 18.5. The summed E-state index contributed by atoms with van der Waals surface area (Å²) in [4.78, 5) is 25.2. The molecule has 1 amide bonds. The molecule has 29 heavy (non-hydrogen) atoms. The van der Waals surface area contributed by atoms with Crippen molar-refractivity contribution < 1.29 is 23.8 Å². The van der Waals surface area contributed by atoms with Gasteiger partial charge in [-0.1, -0.05) is 54.2 Å². The van der Waals surface area contributed by atoms with Crippen molar-refractivity contribution in [2.75, 3.05) is 20.2 Å². The van der Waals surface area contributed by atoms with Crippen molar-refractivity contribution in [2.24, 2.45) is 0 Å². The molecule has 7 heteroatoms.